The summed E-state index contributed by atoms with van der Waals surface area (Å²) in [6.07, 6.45) is 4.76. The number of piperidine rings is 1. The summed E-state index contributed by atoms with van der Waals surface area (Å²) in [5.74, 6) is -0.357. The SMILES string of the molecule is C[C@H](NC(=O)c1cc2cccc(C#N)c2[nH]1)C(=O)N1CCC2(CC1)CC2. The van der Waals surface area contributed by atoms with Gasteiger partial charge in [-0.25, -0.2) is 0 Å². The normalized spacial score (nSPS) is 19.2. The van der Waals surface area contributed by atoms with Crippen molar-refractivity contribution in [2.45, 2.75) is 38.6 Å². The Morgan fingerprint density at radius 2 is 2.00 bits per heavy atom. The Labute approximate surface area is 152 Å². The van der Waals surface area contributed by atoms with Gasteiger partial charge in [0.2, 0.25) is 5.91 Å². The molecule has 0 unspecified atom stereocenters. The van der Waals surface area contributed by atoms with Crippen molar-refractivity contribution in [1.82, 2.24) is 15.2 Å². The molecule has 1 aliphatic carbocycles. The Balaban J connectivity index is 1.42. The third kappa shape index (κ3) is 2.94. The van der Waals surface area contributed by atoms with Crippen LogP contribution in [0.1, 0.15) is 48.7 Å². The van der Waals surface area contributed by atoms with Crippen LogP contribution in [-0.4, -0.2) is 40.8 Å². The number of nitrogens with zero attached hydrogens (tertiary/aromatic N) is 2. The summed E-state index contributed by atoms with van der Waals surface area (Å²) in [6, 6.07) is 8.58. The molecule has 2 aromatic rings. The minimum atomic E-state index is -0.572. The van der Waals surface area contributed by atoms with Crippen LogP contribution in [0.3, 0.4) is 0 Å². The van der Waals surface area contributed by atoms with Crippen LogP contribution in [0.2, 0.25) is 0 Å². The van der Waals surface area contributed by atoms with Crippen LogP contribution in [0.4, 0.5) is 0 Å². The minimum absolute atomic E-state index is 0.0253. The monoisotopic (exact) mass is 350 g/mol. The maximum atomic E-state index is 12.6. The first-order chi connectivity index (χ1) is 12.5. The van der Waals surface area contributed by atoms with Gasteiger partial charge in [-0.1, -0.05) is 12.1 Å². The number of amides is 2. The number of likely N-dealkylation sites (tertiary alicyclic amines) is 1. The van der Waals surface area contributed by atoms with E-state index in [1.165, 1.54) is 12.8 Å². The number of carbonyl (C=O) groups is 2. The highest BCUT2D eigenvalue weighted by Gasteiger charge is 2.45. The molecule has 1 spiro atoms. The van der Waals surface area contributed by atoms with Crippen molar-refractivity contribution in [2.24, 2.45) is 5.41 Å². The summed E-state index contributed by atoms with van der Waals surface area (Å²) in [5.41, 5.74) is 2.02. The van der Waals surface area contributed by atoms with Gasteiger partial charge in [0.1, 0.15) is 17.8 Å². The number of nitrogens with one attached hydrogen (secondary N) is 2. The second kappa shape index (κ2) is 6.17. The first-order valence-corrected chi connectivity index (χ1v) is 9.13. The number of H-pyrrole nitrogens is 1. The van der Waals surface area contributed by atoms with Crippen molar-refractivity contribution < 1.29 is 9.59 Å². The molecule has 6 heteroatoms. The summed E-state index contributed by atoms with van der Waals surface area (Å²) >= 11 is 0. The van der Waals surface area contributed by atoms with E-state index in [0.29, 0.717) is 22.2 Å². The minimum Gasteiger partial charge on any atom is -0.349 e. The smallest absolute Gasteiger partial charge is 0.268 e. The van der Waals surface area contributed by atoms with E-state index < -0.39 is 6.04 Å². The molecule has 1 saturated heterocycles. The van der Waals surface area contributed by atoms with Crippen LogP contribution in [-0.2, 0) is 4.79 Å². The molecular weight excluding hydrogens is 328 g/mol. The van der Waals surface area contributed by atoms with Crippen molar-refractivity contribution in [2.75, 3.05) is 13.1 Å². The van der Waals surface area contributed by atoms with E-state index in [4.69, 9.17) is 5.26 Å². The summed E-state index contributed by atoms with van der Waals surface area (Å²) in [4.78, 5) is 30.0. The molecule has 6 nitrogen and oxygen atoms in total. The molecule has 2 aliphatic rings. The van der Waals surface area contributed by atoms with Crippen LogP contribution in [0.5, 0.6) is 0 Å². The Kier molecular flexibility index (Phi) is 3.95. The molecule has 4 rings (SSSR count). The second-order valence-corrected chi connectivity index (χ2v) is 7.59. The summed E-state index contributed by atoms with van der Waals surface area (Å²) < 4.78 is 0. The van der Waals surface area contributed by atoms with Gasteiger partial charge in [0.25, 0.3) is 5.91 Å². The largest absolute Gasteiger partial charge is 0.349 e. The van der Waals surface area contributed by atoms with E-state index >= 15 is 0 Å². The van der Waals surface area contributed by atoms with E-state index in [-0.39, 0.29) is 11.8 Å². The van der Waals surface area contributed by atoms with Crippen molar-refractivity contribution in [1.29, 1.82) is 5.26 Å². The van der Waals surface area contributed by atoms with E-state index in [9.17, 15) is 9.59 Å². The molecule has 2 amide bonds. The van der Waals surface area contributed by atoms with Gasteiger partial charge in [0.05, 0.1) is 11.1 Å². The number of hydrogen-bond donors (Lipinski definition) is 2. The number of carbonyl (C=O) groups excluding carboxylic acids is 2. The lowest BCUT2D eigenvalue weighted by Gasteiger charge is -2.33. The summed E-state index contributed by atoms with van der Waals surface area (Å²) in [7, 11) is 0. The van der Waals surface area contributed by atoms with Crippen molar-refractivity contribution in [3.05, 3.63) is 35.5 Å². The van der Waals surface area contributed by atoms with Crippen LogP contribution >= 0.6 is 0 Å². The molecule has 0 radical (unpaired) electrons. The first kappa shape index (κ1) is 16.6. The van der Waals surface area contributed by atoms with Crippen LogP contribution < -0.4 is 5.32 Å². The van der Waals surface area contributed by atoms with E-state index in [1.54, 1.807) is 25.1 Å². The number of aromatic amines is 1. The zero-order valence-electron chi connectivity index (χ0n) is 14.8. The predicted molar refractivity (Wildman–Crippen MR) is 97.4 cm³/mol. The van der Waals surface area contributed by atoms with Crippen molar-refractivity contribution >= 4 is 22.7 Å². The summed E-state index contributed by atoms with van der Waals surface area (Å²) in [5, 5.41) is 12.8. The molecule has 1 saturated carbocycles. The molecule has 2 heterocycles. The number of rotatable bonds is 3. The molecule has 134 valence electrons. The summed E-state index contributed by atoms with van der Waals surface area (Å²) in [6.45, 7) is 3.30. The van der Waals surface area contributed by atoms with Gasteiger partial charge >= 0.3 is 0 Å². The lowest BCUT2D eigenvalue weighted by atomic mass is 9.93. The molecule has 1 aromatic carbocycles. The number of nitriles is 1. The topological polar surface area (TPSA) is 89.0 Å². The zero-order valence-corrected chi connectivity index (χ0v) is 14.8. The molecule has 2 fully saturated rings. The molecular formula is C20H22N4O2. The highest BCUT2D eigenvalue weighted by molar-refractivity contribution is 6.01. The molecule has 1 atom stereocenters. The van der Waals surface area contributed by atoms with Gasteiger partial charge in [-0.2, -0.15) is 5.26 Å². The van der Waals surface area contributed by atoms with E-state index in [1.807, 2.05) is 11.0 Å². The third-order valence-corrected chi connectivity index (χ3v) is 5.83. The molecule has 2 N–H and O–H groups in total. The number of hydrogen-bond acceptors (Lipinski definition) is 3. The number of benzene rings is 1. The highest BCUT2D eigenvalue weighted by Crippen LogP contribution is 2.53. The fourth-order valence-corrected chi connectivity index (χ4v) is 3.86. The number of para-hydroxylation sites is 1. The Morgan fingerprint density at radius 3 is 2.65 bits per heavy atom. The van der Waals surface area contributed by atoms with Gasteiger partial charge in [-0.15, -0.1) is 0 Å². The molecule has 0 bridgehead atoms. The van der Waals surface area contributed by atoms with Gasteiger partial charge in [-0.05, 0) is 50.2 Å². The van der Waals surface area contributed by atoms with Crippen LogP contribution in [0.15, 0.2) is 24.3 Å². The first-order valence-electron chi connectivity index (χ1n) is 9.13. The lowest BCUT2D eigenvalue weighted by Crippen LogP contribution is -2.49. The fourth-order valence-electron chi connectivity index (χ4n) is 3.86. The average molecular weight is 350 g/mol. The lowest BCUT2D eigenvalue weighted by molar-refractivity contribution is -0.134. The molecule has 1 aliphatic heterocycles. The van der Waals surface area contributed by atoms with Gasteiger partial charge in [0, 0.05) is 18.5 Å². The molecule has 26 heavy (non-hydrogen) atoms. The number of fused-ring (bicyclic) bond motifs is 1. The highest BCUT2D eigenvalue weighted by atomic mass is 16.2. The maximum Gasteiger partial charge on any atom is 0.268 e. The molecule has 1 aromatic heterocycles. The third-order valence-electron chi connectivity index (χ3n) is 5.83. The number of aromatic nitrogens is 1. The Morgan fingerprint density at radius 1 is 1.27 bits per heavy atom. The zero-order chi connectivity index (χ0) is 18.3. The second-order valence-electron chi connectivity index (χ2n) is 7.59. The van der Waals surface area contributed by atoms with Crippen molar-refractivity contribution in [3.63, 3.8) is 0 Å². The predicted octanol–water partition coefficient (Wildman–Crippen LogP) is 2.56. The van der Waals surface area contributed by atoms with Gasteiger partial charge in [-0.3, -0.25) is 9.59 Å². The fraction of sp³-hybridized carbons (Fsp3) is 0.450. The quantitative estimate of drug-likeness (QED) is 0.891. The van der Waals surface area contributed by atoms with Gasteiger partial charge in [0.15, 0.2) is 0 Å². The average Bonchev–Trinajstić information content (AvgIpc) is 3.25. The van der Waals surface area contributed by atoms with E-state index in [0.717, 1.165) is 31.3 Å². The Bertz CT molecular complexity index is 910. The standard InChI is InChI=1S/C20H22N4O2/c1-13(19(26)24-9-7-20(5-6-20)8-10-24)22-18(25)16-11-14-3-2-4-15(12-21)17(14)23-16/h2-4,11,13,23H,5-10H2,1H3,(H,22,25)/t13-/m0/s1. The maximum absolute atomic E-state index is 12.6. The van der Waals surface area contributed by atoms with Crippen LogP contribution in [0.25, 0.3) is 10.9 Å². The van der Waals surface area contributed by atoms with Gasteiger partial charge < -0.3 is 15.2 Å². The van der Waals surface area contributed by atoms with Crippen LogP contribution in [0, 0.1) is 16.7 Å². The van der Waals surface area contributed by atoms with E-state index in [2.05, 4.69) is 16.4 Å². The van der Waals surface area contributed by atoms with Crippen molar-refractivity contribution in [3.8, 4) is 6.07 Å². The Hall–Kier alpha value is -2.81.